The van der Waals surface area contributed by atoms with E-state index in [1.165, 1.54) is 12.8 Å². The summed E-state index contributed by atoms with van der Waals surface area (Å²) in [5.74, 6) is 0.805. The van der Waals surface area contributed by atoms with Crippen molar-refractivity contribution < 1.29 is 4.79 Å². The number of rotatable bonds is 8. The van der Waals surface area contributed by atoms with Gasteiger partial charge in [0.05, 0.1) is 0 Å². The van der Waals surface area contributed by atoms with Gasteiger partial charge in [-0.25, -0.2) is 0 Å². The Bertz CT molecular complexity index is 130. The largest absolute Gasteiger partial charge is 0.330 e. The zero-order chi connectivity index (χ0) is 10.1. The van der Waals surface area contributed by atoms with Crippen LogP contribution in [0, 0.1) is 5.92 Å². The van der Waals surface area contributed by atoms with Gasteiger partial charge in [-0.15, -0.1) is 0 Å². The van der Waals surface area contributed by atoms with Crippen LogP contribution in [0.2, 0.25) is 0 Å². The van der Waals surface area contributed by atoms with Gasteiger partial charge in [0.2, 0.25) is 0 Å². The van der Waals surface area contributed by atoms with E-state index >= 15 is 0 Å². The maximum Gasteiger partial charge on any atom is 0.133 e. The maximum absolute atomic E-state index is 11.4. The molecule has 0 fully saturated rings. The van der Waals surface area contributed by atoms with Crippen LogP contribution >= 0.6 is 0 Å². The third-order valence-electron chi connectivity index (χ3n) is 2.49. The topological polar surface area (TPSA) is 43.1 Å². The SMILES string of the molecule is CCCCCC(=O)CC(CC)CN. The highest BCUT2D eigenvalue weighted by atomic mass is 16.1. The number of carbonyl (C=O) groups excluding carboxylic acids is 1. The number of ketones is 1. The van der Waals surface area contributed by atoms with Crippen LogP contribution < -0.4 is 5.73 Å². The lowest BCUT2D eigenvalue weighted by Gasteiger charge is -2.10. The predicted molar refractivity (Wildman–Crippen MR) is 56.6 cm³/mol. The number of hydrogen-bond acceptors (Lipinski definition) is 2. The fraction of sp³-hybridized carbons (Fsp3) is 0.909. The van der Waals surface area contributed by atoms with Crippen molar-refractivity contribution in [3.05, 3.63) is 0 Å². The average molecular weight is 185 g/mol. The summed E-state index contributed by atoms with van der Waals surface area (Å²) in [5.41, 5.74) is 5.53. The monoisotopic (exact) mass is 185 g/mol. The second-order valence-corrected chi connectivity index (χ2v) is 3.71. The lowest BCUT2D eigenvalue weighted by molar-refractivity contribution is -0.120. The minimum absolute atomic E-state index is 0.394. The molecule has 0 amide bonds. The van der Waals surface area contributed by atoms with Gasteiger partial charge >= 0.3 is 0 Å². The Morgan fingerprint density at radius 2 is 2.00 bits per heavy atom. The van der Waals surface area contributed by atoms with Crippen molar-refractivity contribution in [3.8, 4) is 0 Å². The van der Waals surface area contributed by atoms with Crippen molar-refractivity contribution in [2.24, 2.45) is 11.7 Å². The molecule has 0 aliphatic heterocycles. The Hall–Kier alpha value is -0.370. The summed E-state index contributed by atoms with van der Waals surface area (Å²) in [7, 11) is 0. The van der Waals surface area contributed by atoms with Gasteiger partial charge in [0, 0.05) is 12.8 Å². The van der Waals surface area contributed by atoms with Gasteiger partial charge in [0.25, 0.3) is 0 Å². The van der Waals surface area contributed by atoms with Crippen LogP contribution in [-0.2, 0) is 4.79 Å². The Morgan fingerprint density at radius 1 is 1.31 bits per heavy atom. The molecule has 0 bridgehead atoms. The molecule has 0 spiro atoms. The van der Waals surface area contributed by atoms with Gasteiger partial charge in [0.1, 0.15) is 5.78 Å². The van der Waals surface area contributed by atoms with Crippen molar-refractivity contribution in [3.63, 3.8) is 0 Å². The van der Waals surface area contributed by atoms with Gasteiger partial charge in [-0.2, -0.15) is 0 Å². The van der Waals surface area contributed by atoms with E-state index in [1.807, 2.05) is 0 Å². The fourth-order valence-corrected chi connectivity index (χ4v) is 1.39. The third-order valence-corrected chi connectivity index (χ3v) is 2.49. The van der Waals surface area contributed by atoms with Crippen LogP contribution in [0.1, 0.15) is 52.4 Å². The molecule has 2 heteroatoms. The summed E-state index contributed by atoms with van der Waals surface area (Å²) in [4.78, 5) is 11.4. The van der Waals surface area contributed by atoms with Crippen LogP contribution in [0.4, 0.5) is 0 Å². The number of Topliss-reactive ketones (excluding diaryl/α,β-unsaturated/α-hetero) is 1. The van der Waals surface area contributed by atoms with E-state index in [4.69, 9.17) is 5.73 Å². The van der Waals surface area contributed by atoms with Crippen LogP contribution in [-0.4, -0.2) is 12.3 Å². The van der Waals surface area contributed by atoms with Gasteiger partial charge in [-0.05, 0) is 18.9 Å². The molecule has 1 unspecified atom stereocenters. The first kappa shape index (κ1) is 12.6. The predicted octanol–water partition coefficient (Wildman–Crippen LogP) is 2.51. The summed E-state index contributed by atoms with van der Waals surface area (Å²) in [6, 6.07) is 0. The summed E-state index contributed by atoms with van der Waals surface area (Å²) < 4.78 is 0. The van der Waals surface area contributed by atoms with Crippen molar-refractivity contribution in [1.29, 1.82) is 0 Å². The highest BCUT2D eigenvalue weighted by molar-refractivity contribution is 5.78. The molecule has 0 aromatic carbocycles. The second kappa shape index (κ2) is 8.24. The fourth-order valence-electron chi connectivity index (χ4n) is 1.39. The van der Waals surface area contributed by atoms with Gasteiger partial charge in [0.15, 0.2) is 0 Å². The third kappa shape index (κ3) is 6.76. The molecule has 0 aliphatic carbocycles. The molecule has 0 aliphatic rings. The Balaban J connectivity index is 3.48. The molecule has 2 N–H and O–H groups in total. The summed E-state index contributed by atoms with van der Waals surface area (Å²) in [5, 5.41) is 0. The molecular formula is C11H23NO. The number of carbonyl (C=O) groups is 1. The number of nitrogens with two attached hydrogens (primary N) is 1. The molecule has 0 aromatic rings. The summed E-state index contributed by atoms with van der Waals surface area (Å²) in [6.45, 7) is 4.89. The molecule has 0 radical (unpaired) electrons. The average Bonchev–Trinajstić information content (AvgIpc) is 2.14. The summed E-state index contributed by atoms with van der Waals surface area (Å²) in [6.07, 6.45) is 5.87. The lowest BCUT2D eigenvalue weighted by Crippen LogP contribution is -2.17. The molecule has 0 saturated heterocycles. The van der Waals surface area contributed by atoms with Crippen molar-refractivity contribution in [2.75, 3.05) is 6.54 Å². The van der Waals surface area contributed by atoms with Crippen LogP contribution in [0.3, 0.4) is 0 Å². The van der Waals surface area contributed by atoms with E-state index in [-0.39, 0.29) is 0 Å². The standard InChI is InChI=1S/C11H23NO/c1-3-5-6-7-11(13)8-10(4-2)9-12/h10H,3-9,12H2,1-2H3. The highest BCUT2D eigenvalue weighted by Crippen LogP contribution is 2.10. The van der Waals surface area contributed by atoms with Crippen LogP contribution in [0.5, 0.6) is 0 Å². The Morgan fingerprint density at radius 3 is 2.46 bits per heavy atom. The first-order chi connectivity index (χ1) is 6.24. The molecule has 1 atom stereocenters. The van der Waals surface area contributed by atoms with Crippen LogP contribution in [0.25, 0.3) is 0 Å². The van der Waals surface area contributed by atoms with E-state index in [0.29, 0.717) is 24.7 Å². The zero-order valence-corrected chi connectivity index (χ0v) is 9.01. The molecule has 0 rings (SSSR count). The summed E-state index contributed by atoms with van der Waals surface area (Å²) >= 11 is 0. The first-order valence-electron chi connectivity index (χ1n) is 5.46. The van der Waals surface area contributed by atoms with Gasteiger partial charge < -0.3 is 5.73 Å². The van der Waals surface area contributed by atoms with E-state index in [0.717, 1.165) is 19.3 Å². The quantitative estimate of drug-likeness (QED) is 0.590. The van der Waals surface area contributed by atoms with E-state index in [1.54, 1.807) is 0 Å². The van der Waals surface area contributed by atoms with Crippen molar-refractivity contribution >= 4 is 5.78 Å². The number of unbranched alkanes of at least 4 members (excludes halogenated alkanes) is 2. The minimum atomic E-state index is 0.394. The number of hydrogen-bond donors (Lipinski definition) is 1. The Kier molecular flexibility index (Phi) is 8.00. The lowest BCUT2D eigenvalue weighted by atomic mass is 9.97. The highest BCUT2D eigenvalue weighted by Gasteiger charge is 2.09. The Labute approximate surface area is 81.9 Å². The van der Waals surface area contributed by atoms with Crippen molar-refractivity contribution in [1.82, 2.24) is 0 Å². The molecule has 13 heavy (non-hydrogen) atoms. The zero-order valence-electron chi connectivity index (χ0n) is 9.01. The first-order valence-corrected chi connectivity index (χ1v) is 5.46. The molecule has 0 aromatic heterocycles. The molecular weight excluding hydrogens is 162 g/mol. The van der Waals surface area contributed by atoms with E-state index < -0.39 is 0 Å². The van der Waals surface area contributed by atoms with Gasteiger partial charge in [-0.1, -0.05) is 33.1 Å². The molecule has 78 valence electrons. The molecule has 0 heterocycles. The van der Waals surface area contributed by atoms with Gasteiger partial charge in [-0.3, -0.25) is 4.79 Å². The minimum Gasteiger partial charge on any atom is -0.330 e. The maximum atomic E-state index is 11.4. The second-order valence-electron chi connectivity index (χ2n) is 3.71. The van der Waals surface area contributed by atoms with E-state index in [2.05, 4.69) is 13.8 Å². The van der Waals surface area contributed by atoms with Crippen LogP contribution in [0.15, 0.2) is 0 Å². The smallest absolute Gasteiger partial charge is 0.133 e. The van der Waals surface area contributed by atoms with E-state index in [9.17, 15) is 4.79 Å². The molecule has 0 saturated carbocycles. The molecule has 2 nitrogen and oxygen atoms in total. The normalized spacial score (nSPS) is 12.8. The van der Waals surface area contributed by atoms with Crippen molar-refractivity contribution in [2.45, 2.75) is 52.4 Å².